The summed E-state index contributed by atoms with van der Waals surface area (Å²) in [6, 6.07) is 0. The fourth-order valence-electron chi connectivity index (χ4n) is 3.16. The smallest absolute Gasteiger partial charge is 1.00 e. The number of primary amides is 1. The van der Waals surface area contributed by atoms with Gasteiger partial charge in [-0.2, -0.15) is 0 Å². The van der Waals surface area contributed by atoms with Crippen molar-refractivity contribution in [2.24, 2.45) is 11.7 Å². The molecule has 0 aliphatic carbocycles. The number of rotatable bonds is 18. The fourth-order valence-corrected chi connectivity index (χ4v) is 3.16. The third-order valence-electron chi connectivity index (χ3n) is 4.76. The molecular weight excluding hydrogens is 307 g/mol. The Morgan fingerprint density at radius 2 is 1.25 bits per heavy atom. The Morgan fingerprint density at radius 1 is 0.875 bits per heavy atom. The molecule has 0 heterocycles. The van der Waals surface area contributed by atoms with E-state index in [0.717, 1.165) is 19.3 Å². The van der Waals surface area contributed by atoms with Gasteiger partial charge in [0.2, 0.25) is 5.91 Å². The van der Waals surface area contributed by atoms with E-state index >= 15 is 0 Å². The molecule has 0 saturated carbocycles. The number of hydrogen-bond donors (Lipinski definition) is 1. The van der Waals surface area contributed by atoms with Gasteiger partial charge in [-0.1, -0.05) is 103 Å². The molecular formula is C21H43MgNO. The van der Waals surface area contributed by atoms with E-state index in [1.165, 1.54) is 83.5 Å². The molecule has 2 N–H and O–H groups in total. The molecule has 0 spiro atoms. The van der Waals surface area contributed by atoms with Gasteiger partial charge in [0.25, 0.3) is 0 Å². The van der Waals surface area contributed by atoms with Crippen molar-refractivity contribution in [1.82, 2.24) is 0 Å². The van der Waals surface area contributed by atoms with E-state index in [9.17, 15) is 4.79 Å². The van der Waals surface area contributed by atoms with Crippen molar-refractivity contribution < 1.29 is 7.65 Å². The molecule has 0 aromatic carbocycles. The van der Waals surface area contributed by atoms with Crippen LogP contribution >= 0.6 is 0 Å². The summed E-state index contributed by atoms with van der Waals surface area (Å²) in [6.07, 6.45) is 22.6. The number of carbonyl (C=O) groups excluding carboxylic acids is 1. The van der Waals surface area contributed by atoms with Gasteiger partial charge in [0.05, 0.1) is 0 Å². The van der Waals surface area contributed by atoms with Gasteiger partial charge in [0.1, 0.15) is 0 Å². The normalized spacial score (nSPS) is 11.7. The van der Waals surface area contributed by atoms with Crippen molar-refractivity contribution in [2.75, 3.05) is 0 Å². The molecule has 3 heteroatoms. The van der Waals surface area contributed by atoms with Crippen LogP contribution in [0.5, 0.6) is 0 Å². The van der Waals surface area contributed by atoms with Crippen LogP contribution in [-0.4, -0.2) is 29.0 Å². The SMILES string of the molecule is C=CCC(CCCCCCCCCCCCCCCC)C(N)=O.[H-].[H-].[Mg+2]. The van der Waals surface area contributed by atoms with E-state index in [-0.39, 0.29) is 37.7 Å². The van der Waals surface area contributed by atoms with E-state index in [0.29, 0.717) is 0 Å². The average Bonchev–Trinajstić information content (AvgIpc) is 2.54. The summed E-state index contributed by atoms with van der Waals surface area (Å²) in [7, 11) is 0. The Bertz CT molecular complexity index is 291. The van der Waals surface area contributed by atoms with E-state index < -0.39 is 0 Å². The van der Waals surface area contributed by atoms with E-state index in [2.05, 4.69) is 13.5 Å². The largest absolute Gasteiger partial charge is 2.00 e. The van der Waals surface area contributed by atoms with Crippen LogP contribution in [0.2, 0.25) is 0 Å². The Balaban J connectivity index is -0.000000807. The second kappa shape index (κ2) is 21.0. The minimum Gasteiger partial charge on any atom is -1.00 e. The van der Waals surface area contributed by atoms with Crippen molar-refractivity contribution in [1.29, 1.82) is 0 Å². The van der Waals surface area contributed by atoms with Gasteiger partial charge in [0.15, 0.2) is 0 Å². The first-order valence-electron chi connectivity index (χ1n) is 10.1. The fraction of sp³-hybridized carbons (Fsp3) is 0.857. The molecule has 0 aromatic rings. The number of carbonyl (C=O) groups is 1. The van der Waals surface area contributed by atoms with Crippen LogP contribution in [0.4, 0.5) is 0 Å². The third-order valence-corrected chi connectivity index (χ3v) is 4.76. The maximum Gasteiger partial charge on any atom is 2.00 e. The van der Waals surface area contributed by atoms with E-state index in [4.69, 9.17) is 5.73 Å². The van der Waals surface area contributed by atoms with Gasteiger partial charge >= 0.3 is 23.1 Å². The van der Waals surface area contributed by atoms with Crippen molar-refractivity contribution in [3.8, 4) is 0 Å². The zero-order chi connectivity index (χ0) is 17.2. The minimum absolute atomic E-state index is 0. The van der Waals surface area contributed by atoms with Crippen LogP contribution in [-0.2, 0) is 4.79 Å². The van der Waals surface area contributed by atoms with Gasteiger partial charge in [-0.25, -0.2) is 0 Å². The first kappa shape index (κ1) is 26.2. The molecule has 2 nitrogen and oxygen atoms in total. The topological polar surface area (TPSA) is 43.1 Å². The third kappa shape index (κ3) is 18.3. The first-order chi connectivity index (χ1) is 11.2. The molecule has 1 atom stereocenters. The summed E-state index contributed by atoms with van der Waals surface area (Å²) in [5.41, 5.74) is 5.39. The number of hydrogen-bond acceptors (Lipinski definition) is 1. The maximum atomic E-state index is 11.2. The number of nitrogens with two attached hydrogens (primary N) is 1. The molecule has 24 heavy (non-hydrogen) atoms. The molecule has 0 aromatic heterocycles. The number of amides is 1. The molecule has 140 valence electrons. The second-order valence-corrected chi connectivity index (χ2v) is 7.01. The van der Waals surface area contributed by atoms with E-state index in [1.807, 2.05) is 0 Å². The van der Waals surface area contributed by atoms with Gasteiger partial charge < -0.3 is 8.59 Å². The average molecular weight is 350 g/mol. The Hall–Kier alpha value is -0.0238. The second-order valence-electron chi connectivity index (χ2n) is 7.01. The van der Waals surface area contributed by atoms with Gasteiger partial charge in [-0.05, 0) is 12.8 Å². The zero-order valence-corrected chi connectivity index (χ0v) is 17.8. The van der Waals surface area contributed by atoms with Crippen LogP contribution in [0.1, 0.15) is 113 Å². The maximum absolute atomic E-state index is 11.2. The summed E-state index contributed by atoms with van der Waals surface area (Å²) >= 11 is 0. The Morgan fingerprint density at radius 3 is 1.58 bits per heavy atom. The monoisotopic (exact) mass is 349 g/mol. The number of allylic oxidation sites excluding steroid dienone is 1. The van der Waals surface area contributed by atoms with Crippen LogP contribution < -0.4 is 5.73 Å². The van der Waals surface area contributed by atoms with Gasteiger partial charge in [-0.15, -0.1) is 6.58 Å². The molecule has 0 radical (unpaired) electrons. The van der Waals surface area contributed by atoms with Crippen LogP contribution in [0, 0.1) is 5.92 Å². The zero-order valence-electron chi connectivity index (χ0n) is 18.4. The standard InChI is InChI=1S/C21H41NO.Mg.2H/c1-3-5-6-7-8-9-10-11-12-13-14-15-16-17-19-20(18-4-2)21(22)23;;;/h4,20H,2-3,5-19H2,1H3,(H2,22,23);;;/q;+2;2*-1. The summed E-state index contributed by atoms with van der Waals surface area (Å²) < 4.78 is 0. The molecule has 0 saturated heterocycles. The Labute approximate surface area is 170 Å². The molecule has 0 aliphatic rings. The summed E-state index contributed by atoms with van der Waals surface area (Å²) in [5.74, 6) is -0.163. The predicted octanol–water partition coefficient (Wildman–Crippen LogP) is 6.38. The first-order valence-corrected chi connectivity index (χ1v) is 10.1. The predicted molar refractivity (Wildman–Crippen MR) is 110 cm³/mol. The van der Waals surface area contributed by atoms with Gasteiger partial charge in [0, 0.05) is 5.92 Å². The molecule has 0 aliphatic heterocycles. The summed E-state index contributed by atoms with van der Waals surface area (Å²) in [5, 5.41) is 0. The minimum atomic E-state index is -0.167. The summed E-state index contributed by atoms with van der Waals surface area (Å²) in [4.78, 5) is 11.2. The van der Waals surface area contributed by atoms with Crippen molar-refractivity contribution in [3.05, 3.63) is 12.7 Å². The van der Waals surface area contributed by atoms with E-state index in [1.54, 1.807) is 6.08 Å². The quantitative estimate of drug-likeness (QED) is 0.174. The summed E-state index contributed by atoms with van der Waals surface area (Å²) in [6.45, 7) is 5.97. The van der Waals surface area contributed by atoms with Crippen molar-refractivity contribution >= 4 is 29.0 Å². The molecule has 0 fully saturated rings. The molecule has 1 amide bonds. The number of unbranched alkanes of at least 4 members (excludes halogenated alkanes) is 13. The Kier molecular flexibility index (Phi) is 23.0. The van der Waals surface area contributed by atoms with Crippen LogP contribution in [0.25, 0.3) is 0 Å². The van der Waals surface area contributed by atoms with Gasteiger partial charge in [-0.3, -0.25) is 4.79 Å². The van der Waals surface area contributed by atoms with Crippen molar-refractivity contribution in [3.63, 3.8) is 0 Å². The van der Waals surface area contributed by atoms with Crippen LogP contribution in [0.3, 0.4) is 0 Å². The molecule has 1 unspecified atom stereocenters. The van der Waals surface area contributed by atoms with Crippen molar-refractivity contribution in [2.45, 2.75) is 110 Å². The molecule has 0 rings (SSSR count). The van der Waals surface area contributed by atoms with Crippen LogP contribution in [0.15, 0.2) is 12.7 Å². The molecule has 0 bridgehead atoms.